The van der Waals surface area contributed by atoms with Crippen LogP contribution in [0.15, 0.2) is 12.3 Å². The van der Waals surface area contributed by atoms with E-state index in [4.69, 9.17) is 0 Å². The van der Waals surface area contributed by atoms with Crippen molar-refractivity contribution < 1.29 is 5.11 Å². The van der Waals surface area contributed by atoms with Gasteiger partial charge in [-0.1, -0.05) is 19.3 Å². The molecule has 0 aromatic carbocycles. The summed E-state index contributed by atoms with van der Waals surface area (Å²) in [7, 11) is 0. The maximum Gasteiger partial charge on any atom is 0.105 e. The molecule has 3 nitrogen and oxygen atoms in total. The van der Waals surface area contributed by atoms with Crippen molar-refractivity contribution in [3.63, 3.8) is 0 Å². The van der Waals surface area contributed by atoms with Crippen LogP contribution in [0.25, 0.3) is 0 Å². The molecule has 1 aromatic rings. The topological polar surface area (TPSA) is 38.0 Å². The minimum absolute atomic E-state index is 0.371. The minimum atomic E-state index is -0.371. The van der Waals surface area contributed by atoms with Crippen molar-refractivity contribution in [1.29, 1.82) is 0 Å². The summed E-state index contributed by atoms with van der Waals surface area (Å²) in [6.45, 7) is 2.88. The first-order valence-electron chi connectivity index (χ1n) is 6.62. The molecule has 1 aromatic heterocycles. The van der Waals surface area contributed by atoms with Crippen LogP contribution in [0.4, 0.5) is 0 Å². The molecular weight excluding hydrogens is 232 g/mol. The number of hydrogen-bond acceptors (Lipinski definition) is 3. The van der Waals surface area contributed by atoms with E-state index in [1.165, 1.54) is 32.1 Å². The Labute approximate surface area is 108 Å². The van der Waals surface area contributed by atoms with Crippen molar-refractivity contribution in [3.05, 3.63) is 18.0 Å². The van der Waals surface area contributed by atoms with Crippen LogP contribution in [0.1, 0.15) is 50.8 Å². The molecule has 0 aliphatic heterocycles. The maximum absolute atomic E-state index is 10.2. The molecule has 4 heteroatoms. The van der Waals surface area contributed by atoms with Gasteiger partial charge in [-0.3, -0.25) is 4.68 Å². The number of aliphatic hydroxyl groups excluding tert-OH is 1. The van der Waals surface area contributed by atoms with Gasteiger partial charge in [0.25, 0.3) is 0 Å². The number of thioether (sulfide) groups is 1. The van der Waals surface area contributed by atoms with Gasteiger partial charge in [0.1, 0.15) is 6.10 Å². The zero-order chi connectivity index (χ0) is 12.1. The molecule has 1 N–H and O–H groups in total. The van der Waals surface area contributed by atoms with E-state index in [1.807, 2.05) is 22.5 Å². The predicted molar refractivity (Wildman–Crippen MR) is 72.2 cm³/mol. The van der Waals surface area contributed by atoms with Gasteiger partial charge in [-0.25, -0.2) is 0 Å². The third kappa shape index (κ3) is 3.49. The summed E-state index contributed by atoms with van der Waals surface area (Å²) in [6.07, 6.45) is 8.16. The highest BCUT2D eigenvalue weighted by Gasteiger charge is 2.18. The Hall–Kier alpha value is -0.480. The summed E-state index contributed by atoms with van der Waals surface area (Å²) in [5.41, 5.74) is 0.954. The van der Waals surface area contributed by atoms with Crippen LogP contribution in [0, 0.1) is 0 Å². The quantitative estimate of drug-likeness (QED) is 0.878. The van der Waals surface area contributed by atoms with Crippen LogP contribution in [0.5, 0.6) is 0 Å². The average Bonchev–Trinajstić information content (AvgIpc) is 2.85. The highest BCUT2D eigenvalue weighted by atomic mass is 32.2. The van der Waals surface area contributed by atoms with Crippen molar-refractivity contribution in [3.8, 4) is 0 Å². The summed E-state index contributed by atoms with van der Waals surface area (Å²) < 4.78 is 1.88. The van der Waals surface area contributed by atoms with Crippen LogP contribution < -0.4 is 0 Å². The Morgan fingerprint density at radius 2 is 2.24 bits per heavy atom. The lowest BCUT2D eigenvalue weighted by Gasteiger charge is -2.22. The molecule has 17 heavy (non-hydrogen) atoms. The molecule has 0 bridgehead atoms. The van der Waals surface area contributed by atoms with Gasteiger partial charge in [0.05, 0.1) is 5.69 Å². The Bertz CT molecular complexity index is 334. The monoisotopic (exact) mass is 254 g/mol. The lowest BCUT2D eigenvalue weighted by molar-refractivity contribution is 0.192. The second-order valence-corrected chi connectivity index (χ2v) is 6.01. The van der Waals surface area contributed by atoms with Gasteiger partial charge >= 0.3 is 0 Å². The molecule has 0 amide bonds. The molecule has 0 saturated heterocycles. The van der Waals surface area contributed by atoms with Crippen molar-refractivity contribution in [2.24, 2.45) is 0 Å². The van der Waals surface area contributed by atoms with E-state index in [0.29, 0.717) is 0 Å². The Morgan fingerprint density at radius 1 is 1.47 bits per heavy atom. The lowest BCUT2D eigenvalue weighted by Crippen LogP contribution is -2.14. The van der Waals surface area contributed by atoms with E-state index in [9.17, 15) is 5.11 Å². The second-order valence-electron chi connectivity index (χ2n) is 4.68. The van der Waals surface area contributed by atoms with Gasteiger partial charge in [-0.15, -0.1) is 0 Å². The van der Waals surface area contributed by atoms with Crippen LogP contribution >= 0.6 is 11.8 Å². The summed E-state index contributed by atoms with van der Waals surface area (Å²) in [5.74, 6) is 0.802. The van der Waals surface area contributed by atoms with E-state index < -0.39 is 0 Å². The van der Waals surface area contributed by atoms with Gasteiger partial charge in [0, 0.05) is 23.7 Å². The molecular formula is C13H22N2OS. The van der Waals surface area contributed by atoms with Gasteiger partial charge in [0.2, 0.25) is 0 Å². The third-order valence-electron chi connectivity index (χ3n) is 3.43. The first kappa shape index (κ1) is 13.0. The molecule has 0 spiro atoms. The van der Waals surface area contributed by atoms with Crippen molar-refractivity contribution in [2.45, 2.75) is 56.9 Å². The second kappa shape index (κ2) is 6.45. The zero-order valence-corrected chi connectivity index (χ0v) is 11.3. The van der Waals surface area contributed by atoms with E-state index in [-0.39, 0.29) is 6.10 Å². The van der Waals surface area contributed by atoms with Crippen LogP contribution in [0.3, 0.4) is 0 Å². The molecule has 1 saturated carbocycles. The number of hydrogen-bond donors (Lipinski definition) is 1. The fourth-order valence-corrected chi connectivity index (χ4v) is 3.73. The first-order valence-corrected chi connectivity index (χ1v) is 7.67. The molecule has 1 atom stereocenters. The van der Waals surface area contributed by atoms with Gasteiger partial charge in [-0.2, -0.15) is 16.9 Å². The fourth-order valence-electron chi connectivity index (χ4n) is 2.43. The summed E-state index contributed by atoms with van der Waals surface area (Å²) in [4.78, 5) is 0. The number of aryl methyl sites for hydroxylation is 1. The molecule has 1 unspecified atom stereocenters. The number of rotatable bonds is 5. The van der Waals surface area contributed by atoms with Crippen LogP contribution in [-0.2, 0) is 6.54 Å². The molecule has 0 radical (unpaired) electrons. The highest BCUT2D eigenvalue weighted by molar-refractivity contribution is 7.99. The van der Waals surface area contributed by atoms with Gasteiger partial charge in [-0.05, 0) is 25.8 Å². The van der Waals surface area contributed by atoms with Gasteiger partial charge in [0.15, 0.2) is 0 Å². The molecule has 1 aliphatic carbocycles. The van der Waals surface area contributed by atoms with Crippen LogP contribution in [0.2, 0.25) is 0 Å². The Balaban J connectivity index is 1.82. The summed E-state index contributed by atoms with van der Waals surface area (Å²) >= 11 is 1.93. The fraction of sp³-hybridized carbons (Fsp3) is 0.769. The molecule has 1 fully saturated rings. The number of aromatic nitrogens is 2. The normalized spacial score (nSPS) is 19.4. The number of nitrogens with zero attached hydrogens (tertiary/aromatic N) is 2. The first-order chi connectivity index (χ1) is 8.31. The molecule has 1 aliphatic rings. The van der Waals surface area contributed by atoms with E-state index in [1.54, 1.807) is 6.20 Å². The largest absolute Gasteiger partial charge is 0.386 e. The average molecular weight is 254 g/mol. The van der Waals surface area contributed by atoms with Crippen molar-refractivity contribution in [1.82, 2.24) is 9.78 Å². The Morgan fingerprint density at radius 3 is 2.94 bits per heavy atom. The van der Waals surface area contributed by atoms with Crippen LogP contribution in [-0.4, -0.2) is 25.9 Å². The SMILES string of the molecule is CCn1nccc1C(O)CSC1CCCCC1. The lowest BCUT2D eigenvalue weighted by atomic mass is 10.0. The zero-order valence-electron chi connectivity index (χ0n) is 10.5. The minimum Gasteiger partial charge on any atom is -0.386 e. The van der Waals surface area contributed by atoms with Crippen molar-refractivity contribution in [2.75, 3.05) is 5.75 Å². The summed E-state index contributed by atoms with van der Waals surface area (Å²) in [5, 5.41) is 15.1. The summed E-state index contributed by atoms with van der Waals surface area (Å²) in [6, 6.07) is 1.93. The predicted octanol–water partition coefficient (Wildman–Crippen LogP) is 3.00. The van der Waals surface area contributed by atoms with Gasteiger partial charge < -0.3 is 5.11 Å². The van der Waals surface area contributed by atoms with E-state index >= 15 is 0 Å². The molecule has 2 rings (SSSR count). The maximum atomic E-state index is 10.2. The smallest absolute Gasteiger partial charge is 0.105 e. The van der Waals surface area contributed by atoms with Crippen molar-refractivity contribution >= 4 is 11.8 Å². The Kier molecular flexibility index (Phi) is 4.92. The molecule has 96 valence electrons. The van der Waals surface area contributed by atoms with E-state index in [0.717, 1.165) is 23.2 Å². The van der Waals surface area contributed by atoms with E-state index in [2.05, 4.69) is 12.0 Å². The number of aliphatic hydroxyl groups is 1. The standard InChI is InChI=1S/C13H22N2OS/c1-2-15-12(8-9-14-15)13(16)10-17-11-6-4-3-5-7-11/h8-9,11,13,16H,2-7,10H2,1H3. The third-order valence-corrected chi connectivity index (χ3v) is 4.88. The highest BCUT2D eigenvalue weighted by Crippen LogP contribution is 2.30. The molecule has 1 heterocycles.